The normalized spacial score (nSPS) is 13.7. The molecule has 0 atom stereocenters. The maximum absolute atomic E-state index is 11.8. The average Bonchev–Trinajstić information content (AvgIpc) is 3.37. The van der Waals surface area contributed by atoms with Crippen LogP contribution in [0.1, 0.15) is 12.8 Å². The highest BCUT2D eigenvalue weighted by Gasteiger charge is 2.29. The molecule has 1 aliphatic rings. The molecule has 0 radical (unpaired) electrons. The van der Waals surface area contributed by atoms with Crippen molar-refractivity contribution in [2.24, 2.45) is 5.92 Å². The van der Waals surface area contributed by atoms with Gasteiger partial charge >= 0.3 is 0 Å². The molecule has 120 valence electrons. The highest BCUT2D eigenvalue weighted by molar-refractivity contribution is 6.29. The molecule has 1 aliphatic carbocycles. The zero-order valence-electron chi connectivity index (χ0n) is 12.3. The Labute approximate surface area is 138 Å². The first-order valence-electron chi connectivity index (χ1n) is 7.32. The Hall–Kier alpha value is -2.25. The van der Waals surface area contributed by atoms with E-state index >= 15 is 0 Å². The van der Waals surface area contributed by atoms with Gasteiger partial charge in [0, 0.05) is 30.3 Å². The summed E-state index contributed by atoms with van der Waals surface area (Å²) in [5, 5.41) is 14.9. The van der Waals surface area contributed by atoms with Crippen LogP contribution < -0.4 is 10.6 Å². The first kappa shape index (κ1) is 15.6. The molecule has 0 unspecified atom stereocenters. The minimum absolute atomic E-state index is 0.00744. The summed E-state index contributed by atoms with van der Waals surface area (Å²) in [4.78, 5) is 24.5. The second-order valence-corrected chi connectivity index (χ2v) is 5.63. The van der Waals surface area contributed by atoms with E-state index < -0.39 is 0 Å². The van der Waals surface area contributed by atoms with Crippen molar-refractivity contribution in [3.8, 4) is 11.4 Å². The zero-order valence-corrected chi connectivity index (χ0v) is 13.0. The van der Waals surface area contributed by atoms with E-state index in [0.29, 0.717) is 29.6 Å². The van der Waals surface area contributed by atoms with Crippen LogP contribution in [-0.4, -0.2) is 39.1 Å². The molecule has 3 rings (SSSR count). The van der Waals surface area contributed by atoms with Gasteiger partial charge in [-0.15, -0.1) is 0 Å². The smallest absolute Gasteiger partial charge is 0.228 e. The van der Waals surface area contributed by atoms with Crippen LogP contribution in [0.3, 0.4) is 0 Å². The minimum atomic E-state index is -0.0104. The maximum Gasteiger partial charge on any atom is 0.228 e. The third-order valence-corrected chi connectivity index (χ3v) is 3.52. The number of aliphatic hydroxyl groups is 1. The summed E-state index contributed by atoms with van der Waals surface area (Å²) >= 11 is 6.01. The average molecular weight is 334 g/mol. The van der Waals surface area contributed by atoms with Crippen molar-refractivity contribution in [2.45, 2.75) is 12.8 Å². The summed E-state index contributed by atoms with van der Waals surface area (Å²) in [6.07, 6.45) is 3.45. The summed E-state index contributed by atoms with van der Waals surface area (Å²) in [7, 11) is 0. The van der Waals surface area contributed by atoms with Gasteiger partial charge in [0.1, 0.15) is 16.8 Å². The van der Waals surface area contributed by atoms with Crippen LogP contribution in [0.5, 0.6) is 0 Å². The number of carbonyl (C=O) groups excluding carboxylic acids is 1. The molecule has 3 N–H and O–H groups in total. The topological polar surface area (TPSA) is 100 Å². The van der Waals surface area contributed by atoms with Crippen LogP contribution in [0, 0.1) is 5.92 Å². The van der Waals surface area contributed by atoms with Crippen LogP contribution in [0.4, 0.5) is 11.6 Å². The summed E-state index contributed by atoms with van der Waals surface area (Å²) in [6.45, 7) is 0.357. The Bertz CT molecular complexity index is 721. The van der Waals surface area contributed by atoms with E-state index in [-0.39, 0.29) is 23.6 Å². The fourth-order valence-electron chi connectivity index (χ4n) is 2.03. The minimum Gasteiger partial charge on any atom is -0.395 e. The second kappa shape index (κ2) is 6.89. The van der Waals surface area contributed by atoms with Gasteiger partial charge in [0.05, 0.1) is 6.61 Å². The van der Waals surface area contributed by atoms with Crippen molar-refractivity contribution in [3.63, 3.8) is 0 Å². The molecule has 2 heterocycles. The van der Waals surface area contributed by atoms with E-state index in [4.69, 9.17) is 16.7 Å². The van der Waals surface area contributed by atoms with Gasteiger partial charge in [0.2, 0.25) is 5.91 Å². The number of carbonyl (C=O) groups is 1. The molecule has 0 saturated heterocycles. The van der Waals surface area contributed by atoms with Crippen molar-refractivity contribution < 1.29 is 9.90 Å². The monoisotopic (exact) mass is 333 g/mol. The number of nitrogens with zero attached hydrogens (tertiary/aromatic N) is 3. The third kappa shape index (κ3) is 4.14. The number of hydrogen-bond donors (Lipinski definition) is 3. The Morgan fingerprint density at radius 2 is 2.13 bits per heavy atom. The van der Waals surface area contributed by atoms with E-state index in [1.807, 2.05) is 0 Å². The molecule has 7 nitrogen and oxygen atoms in total. The predicted molar refractivity (Wildman–Crippen MR) is 87.2 cm³/mol. The summed E-state index contributed by atoms with van der Waals surface area (Å²) in [5.41, 5.74) is 0.695. The van der Waals surface area contributed by atoms with Gasteiger partial charge in [0.15, 0.2) is 5.82 Å². The number of anilines is 2. The number of pyridine rings is 1. The number of amides is 1. The number of aromatic nitrogens is 3. The van der Waals surface area contributed by atoms with Gasteiger partial charge in [-0.2, -0.15) is 0 Å². The largest absolute Gasteiger partial charge is 0.395 e. The Balaban J connectivity index is 1.82. The summed E-state index contributed by atoms with van der Waals surface area (Å²) in [5.74, 6) is 1.51. The quantitative estimate of drug-likeness (QED) is 0.699. The van der Waals surface area contributed by atoms with Gasteiger partial charge in [0.25, 0.3) is 0 Å². The Kier molecular flexibility index (Phi) is 4.68. The SMILES string of the molecule is O=C(Nc1cc(-c2nc(Cl)cc(NCCO)n2)ccn1)C1CC1. The van der Waals surface area contributed by atoms with Crippen LogP contribution in [0.15, 0.2) is 24.4 Å². The molecule has 0 spiro atoms. The first-order chi connectivity index (χ1) is 11.2. The molecular formula is C15H16ClN5O2. The molecule has 2 aromatic rings. The standard InChI is InChI=1S/C15H16ClN5O2/c16-11-8-13(18-5-6-22)20-14(19-11)10-3-4-17-12(7-10)21-15(23)9-1-2-9/h3-4,7-9,22H,1-2,5-6H2,(H,17,21,23)(H,18,19,20). The molecule has 0 aromatic carbocycles. The van der Waals surface area contributed by atoms with Crippen LogP contribution in [-0.2, 0) is 4.79 Å². The number of hydrogen-bond acceptors (Lipinski definition) is 6. The molecule has 8 heteroatoms. The van der Waals surface area contributed by atoms with Crippen molar-refractivity contribution >= 4 is 29.1 Å². The van der Waals surface area contributed by atoms with Crippen molar-refractivity contribution in [3.05, 3.63) is 29.5 Å². The summed E-state index contributed by atoms with van der Waals surface area (Å²) < 4.78 is 0. The molecule has 0 bridgehead atoms. The highest BCUT2D eigenvalue weighted by atomic mass is 35.5. The molecule has 23 heavy (non-hydrogen) atoms. The van der Waals surface area contributed by atoms with Crippen LogP contribution in [0.25, 0.3) is 11.4 Å². The van der Waals surface area contributed by atoms with E-state index in [1.54, 1.807) is 24.4 Å². The fourth-order valence-corrected chi connectivity index (χ4v) is 2.22. The predicted octanol–water partition coefficient (Wildman–Crippen LogP) is 1.94. The van der Waals surface area contributed by atoms with E-state index in [2.05, 4.69) is 25.6 Å². The summed E-state index contributed by atoms with van der Waals surface area (Å²) in [6, 6.07) is 5.04. The lowest BCUT2D eigenvalue weighted by Crippen LogP contribution is -2.14. The molecular weight excluding hydrogens is 318 g/mol. The van der Waals surface area contributed by atoms with Gasteiger partial charge in [-0.05, 0) is 25.0 Å². The number of nitrogens with one attached hydrogen (secondary N) is 2. The maximum atomic E-state index is 11.8. The van der Waals surface area contributed by atoms with Crippen molar-refractivity contribution in [2.75, 3.05) is 23.8 Å². The first-order valence-corrected chi connectivity index (χ1v) is 7.70. The van der Waals surface area contributed by atoms with E-state index in [1.165, 1.54) is 0 Å². The highest BCUT2D eigenvalue weighted by Crippen LogP contribution is 2.30. The third-order valence-electron chi connectivity index (χ3n) is 3.33. The number of aliphatic hydroxyl groups excluding tert-OH is 1. The van der Waals surface area contributed by atoms with Gasteiger partial charge < -0.3 is 15.7 Å². The lowest BCUT2D eigenvalue weighted by molar-refractivity contribution is -0.117. The van der Waals surface area contributed by atoms with E-state index in [9.17, 15) is 4.79 Å². The molecule has 1 fully saturated rings. The van der Waals surface area contributed by atoms with Crippen LogP contribution >= 0.6 is 11.6 Å². The lowest BCUT2D eigenvalue weighted by Gasteiger charge is -2.08. The van der Waals surface area contributed by atoms with Gasteiger partial charge in [-0.1, -0.05) is 11.6 Å². The van der Waals surface area contributed by atoms with Crippen molar-refractivity contribution in [1.29, 1.82) is 0 Å². The molecule has 0 aliphatic heterocycles. The molecule has 2 aromatic heterocycles. The Morgan fingerprint density at radius 3 is 2.87 bits per heavy atom. The fraction of sp³-hybridized carbons (Fsp3) is 0.333. The number of halogens is 1. The molecule has 1 amide bonds. The zero-order chi connectivity index (χ0) is 16.2. The van der Waals surface area contributed by atoms with Crippen LogP contribution in [0.2, 0.25) is 5.15 Å². The Morgan fingerprint density at radius 1 is 1.30 bits per heavy atom. The van der Waals surface area contributed by atoms with Gasteiger partial charge in [-0.25, -0.2) is 15.0 Å². The molecule has 1 saturated carbocycles. The second-order valence-electron chi connectivity index (χ2n) is 5.24. The lowest BCUT2D eigenvalue weighted by atomic mass is 10.2. The van der Waals surface area contributed by atoms with Crippen molar-refractivity contribution in [1.82, 2.24) is 15.0 Å². The number of rotatable bonds is 6. The van der Waals surface area contributed by atoms with Gasteiger partial charge in [-0.3, -0.25) is 4.79 Å². The van der Waals surface area contributed by atoms with E-state index in [0.717, 1.165) is 12.8 Å².